The second kappa shape index (κ2) is 10.2. The number of nitrogens with zero attached hydrogens (tertiary/aromatic N) is 4. The highest BCUT2D eigenvalue weighted by molar-refractivity contribution is 6.02. The van der Waals surface area contributed by atoms with Crippen LogP contribution in [0.1, 0.15) is 31.1 Å². The number of morpholine rings is 1. The van der Waals surface area contributed by atoms with Crippen LogP contribution in [0.4, 0.5) is 35.9 Å². The standard InChI is InChI=1S/C27H30F3N5O5/c28-27(29,30)40-23-4-2-18(14-22(23)32-25(38)26(6-7-26)34-9-11-39-12-10-34)35-16-31-21-13-17(1-3-20(21)24(35)37)33-8-5-19(36)15-33/h1-4,13-14,16,19,24,36-37H,5-12,15H2,(H,32,38). The molecule has 13 heteroatoms. The summed E-state index contributed by atoms with van der Waals surface area (Å²) in [5.41, 5.74) is 1.30. The number of aliphatic hydroxyl groups excluding tert-OH is 2. The molecule has 0 bridgehead atoms. The van der Waals surface area contributed by atoms with Gasteiger partial charge in [-0.2, -0.15) is 0 Å². The van der Waals surface area contributed by atoms with Crippen molar-refractivity contribution in [3.05, 3.63) is 42.0 Å². The molecule has 1 aliphatic carbocycles. The molecule has 0 radical (unpaired) electrons. The van der Waals surface area contributed by atoms with E-state index in [0.29, 0.717) is 75.6 Å². The number of rotatable bonds is 6. The number of anilines is 3. The van der Waals surface area contributed by atoms with E-state index in [4.69, 9.17) is 4.74 Å². The van der Waals surface area contributed by atoms with Crippen molar-refractivity contribution >= 4 is 35.0 Å². The molecule has 1 saturated carbocycles. The maximum Gasteiger partial charge on any atom is 0.573 e. The lowest BCUT2D eigenvalue weighted by Crippen LogP contribution is -2.51. The van der Waals surface area contributed by atoms with Crippen LogP contribution in [0.25, 0.3) is 0 Å². The minimum atomic E-state index is -4.96. The van der Waals surface area contributed by atoms with Gasteiger partial charge in [0.1, 0.15) is 5.54 Å². The van der Waals surface area contributed by atoms with E-state index in [1.807, 2.05) is 21.9 Å². The number of benzene rings is 2. The Morgan fingerprint density at radius 1 is 1.07 bits per heavy atom. The van der Waals surface area contributed by atoms with Crippen LogP contribution in [0.2, 0.25) is 0 Å². The van der Waals surface area contributed by atoms with Gasteiger partial charge in [-0.25, -0.2) is 4.99 Å². The van der Waals surface area contributed by atoms with Crippen LogP contribution in [0, 0.1) is 0 Å². The summed E-state index contributed by atoms with van der Waals surface area (Å²) in [6.45, 7) is 3.34. The second-order valence-corrected chi connectivity index (χ2v) is 10.5. The molecular weight excluding hydrogens is 531 g/mol. The van der Waals surface area contributed by atoms with Crippen molar-refractivity contribution in [3.8, 4) is 5.75 Å². The number of hydrogen-bond acceptors (Lipinski definition) is 9. The lowest BCUT2D eigenvalue weighted by atomic mass is 10.1. The molecule has 40 heavy (non-hydrogen) atoms. The van der Waals surface area contributed by atoms with Crippen molar-refractivity contribution in [3.63, 3.8) is 0 Å². The molecule has 1 amide bonds. The normalized spacial score (nSPS) is 24.1. The summed E-state index contributed by atoms with van der Waals surface area (Å²) < 4.78 is 49.2. The Bertz CT molecular complexity index is 1310. The first kappa shape index (κ1) is 26.8. The van der Waals surface area contributed by atoms with Crippen LogP contribution in [0.15, 0.2) is 41.4 Å². The summed E-state index contributed by atoms with van der Waals surface area (Å²) in [7, 11) is 0. The van der Waals surface area contributed by atoms with Crippen LogP contribution in [-0.4, -0.2) is 84.8 Å². The highest BCUT2D eigenvalue weighted by Crippen LogP contribution is 2.45. The number of amides is 1. The number of hydrogen-bond donors (Lipinski definition) is 3. The first-order chi connectivity index (χ1) is 19.1. The van der Waals surface area contributed by atoms with Crippen LogP contribution in [0.3, 0.4) is 0 Å². The number of nitrogens with one attached hydrogen (secondary N) is 1. The summed E-state index contributed by atoms with van der Waals surface area (Å²) in [6.07, 6.45) is -3.25. The second-order valence-electron chi connectivity index (χ2n) is 10.5. The maximum absolute atomic E-state index is 13.4. The molecule has 3 heterocycles. The van der Waals surface area contributed by atoms with Gasteiger partial charge in [-0.15, -0.1) is 13.2 Å². The van der Waals surface area contributed by atoms with Gasteiger partial charge in [0.2, 0.25) is 5.91 Å². The minimum Gasteiger partial charge on any atom is -0.404 e. The molecule has 2 unspecified atom stereocenters. The van der Waals surface area contributed by atoms with E-state index in [1.54, 1.807) is 6.07 Å². The van der Waals surface area contributed by atoms with E-state index in [0.717, 1.165) is 11.8 Å². The predicted octanol–water partition coefficient (Wildman–Crippen LogP) is 3.13. The molecule has 4 aliphatic rings. The maximum atomic E-state index is 13.4. The molecular formula is C27H30F3N5O5. The van der Waals surface area contributed by atoms with Crippen LogP contribution < -0.4 is 19.9 Å². The fraction of sp³-hybridized carbons (Fsp3) is 0.481. The van der Waals surface area contributed by atoms with Crippen molar-refractivity contribution in [1.82, 2.24) is 4.90 Å². The number of aliphatic imine (C=N–C) groups is 1. The summed E-state index contributed by atoms with van der Waals surface area (Å²) in [6, 6.07) is 9.24. The zero-order valence-electron chi connectivity index (χ0n) is 21.6. The third-order valence-corrected chi connectivity index (χ3v) is 7.90. The lowest BCUT2D eigenvalue weighted by molar-refractivity contribution is -0.274. The molecule has 2 aromatic carbocycles. The summed E-state index contributed by atoms with van der Waals surface area (Å²) in [5.74, 6) is -0.958. The molecule has 6 rings (SSSR count). The van der Waals surface area contributed by atoms with E-state index >= 15 is 0 Å². The SMILES string of the molecule is O=C(Nc1cc(N2C=Nc3cc(N4CCC(O)C4)ccc3C2O)ccc1OC(F)(F)F)C1(N2CCOCC2)CC1. The van der Waals surface area contributed by atoms with Crippen LogP contribution >= 0.6 is 0 Å². The first-order valence-electron chi connectivity index (χ1n) is 13.2. The topological polar surface area (TPSA) is 110 Å². The number of ether oxygens (including phenoxy) is 2. The van der Waals surface area contributed by atoms with Crippen molar-refractivity contribution in [1.29, 1.82) is 0 Å². The van der Waals surface area contributed by atoms with Gasteiger partial charge in [-0.3, -0.25) is 9.69 Å². The summed E-state index contributed by atoms with van der Waals surface area (Å²) in [4.78, 5) is 23.3. The number of β-amino-alcohol motifs (C(OH)–C–C–N with tert-alkyl or cyclic N) is 1. The molecule has 10 nitrogen and oxygen atoms in total. The number of aliphatic hydroxyl groups is 2. The Morgan fingerprint density at radius 2 is 1.82 bits per heavy atom. The molecule has 3 N–H and O–H groups in total. The average Bonchev–Trinajstić information content (AvgIpc) is 3.64. The molecule has 3 fully saturated rings. The number of fused-ring (bicyclic) bond motifs is 1. The van der Waals surface area contributed by atoms with Gasteiger partial charge in [0.25, 0.3) is 0 Å². The monoisotopic (exact) mass is 561 g/mol. The highest BCUT2D eigenvalue weighted by Gasteiger charge is 2.54. The molecule has 3 aliphatic heterocycles. The van der Waals surface area contributed by atoms with Gasteiger partial charge < -0.3 is 34.8 Å². The fourth-order valence-electron chi connectivity index (χ4n) is 5.61. The Labute approximate surface area is 228 Å². The molecule has 2 saturated heterocycles. The number of carbonyl (C=O) groups excluding carboxylic acids is 1. The molecule has 0 aromatic heterocycles. The van der Waals surface area contributed by atoms with Crippen molar-refractivity contribution in [2.24, 2.45) is 4.99 Å². The van der Waals surface area contributed by atoms with Gasteiger partial charge in [-0.1, -0.05) is 6.07 Å². The largest absolute Gasteiger partial charge is 0.573 e. The first-order valence-corrected chi connectivity index (χ1v) is 13.2. The summed E-state index contributed by atoms with van der Waals surface area (Å²) >= 11 is 0. The Balaban J connectivity index is 1.26. The third-order valence-electron chi connectivity index (χ3n) is 7.90. The predicted molar refractivity (Wildman–Crippen MR) is 141 cm³/mol. The van der Waals surface area contributed by atoms with E-state index in [-0.39, 0.29) is 11.8 Å². The molecule has 214 valence electrons. The van der Waals surface area contributed by atoms with E-state index in [2.05, 4.69) is 15.0 Å². The van der Waals surface area contributed by atoms with Gasteiger partial charge in [0, 0.05) is 43.1 Å². The van der Waals surface area contributed by atoms with E-state index < -0.39 is 29.8 Å². The number of halogens is 3. The van der Waals surface area contributed by atoms with E-state index in [1.165, 1.54) is 23.4 Å². The van der Waals surface area contributed by atoms with Crippen molar-refractivity contribution in [2.45, 2.75) is 43.5 Å². The Hall–Kier alpha value is -3.39. The molecule has 0 spiro atoms. The van der Waals surface area contributed by atoms with Crippen molar-refractivity contribution < 1.29 is 37.7 Å². The van der Waals surface area contributed by atoms with Crippen molar-refractivity contribution in [2.75, 3.05) is 54.5 Å². The number of alkyl halides is 3. The zero-order chi connectivity index (χ0) is 28.1. The lowest BCUT2D eigenvalue weighted by Gasteiger charge is -2.34. The van der Waals surface area contributed by atoms with Gasteiger partial charge in [-0.05, 0) is 49.6 Å². The van der Waals surface area contributed by atoms with Crippen LogP contribution in [-0.2, 0) is 9.53 Å². The van der Waals surface area contributed by atoms with Gasteiger partial charge >= 0.3 is 6.36 Å². The summed E-state index contributed by atoms with van der Waals surface area (Å²) in [5, 5.41) is 23.7. The number of carbonyl (C=O) groups is 1. The third kappa shape index (κ3) is 5.21. The average molecular weight is 562 g/mol. The van der Waals surface area contributed by atoms with Crippen LogP contribution in [0.5, 0.6) is 5.75 Å². The van der Waals surface area contributed by atoms with E-state index in [9.17, 15) is 28.2 Å². The molecule has 2 aromatic rings. The minimum absolute atomic E-state index is 0.159. The molecule has 2 atom stereocenters. The Kier molecular flexibility index (Phi) is 6.85. The Morgan fingerprint density at radius 3 is 2.50 bits per heavy atom. The highest BCUT2D eigenvalue weighted by atomic mass is 19.4. The quantitative estimate of drug-likeness (QED) is 0.494. The van der Waals surface area contributed by atoms with Gasteiger partial charge in [0.15, 0.2) is 12.0 Å². The zero-order valence-corrected chi connectivity index (χ0v) is 21.6. The van der Waals surface area contributed by atoms with Gasteiger partial charge in [0.05, 0.1) is 37.0 Å². The fourth-order valence-corrected chi connectivity index (χ4v) is 5.61. The smallest absolute Gasteiger partial charge is 0.404 e.